The molecule has 0 aliphatic rings. The van der Waals surface area contributed by atoms with Gasteiger partial charge in [0.25, 0.3) is 5.91 Å². The van der Waals surface area contributed by atoms with E-state index in [0.29, 0.717) is 11.7 Å². The molecule has 1 rings (SSSR count). The minimum absolute atomic E-state index is 0.211. The van der Waals surface area contributed by atoms with Gasteiger partial charge in [0, 0.05) is 7.05 Å². The Hall–Kier alpha value is -2.04. The molecule has 0 aromatic heterocycles. The van der Waals surface area contributed by atoms with Crippen molar-refractivity contribution < 1.29 is 19.1 Å². The zero-order valence-corrected chi connectivity index (χ0v) is 12.4. The average Bonchev–Trinajstić information content (AvgIpc) is 2.42. The molecule has 0 spiro atoms. The summed E-state index contributed by atoms with van der Waals surface area (Å²) >= 11 is 0. The van der Waals surface area contributed by atoms with Crippen LogP contribution >= 0.6 is 0 Å². The first-order valence-electron chi connectivity index (χ1n) is 6.53. The van der Waals surface area contributed by atoms with Crippen molar-refractivity contribution in [1.82, 2.24) is 5.32 Å². The molecule has 0 aliphatic heterocycles. The van der Waals surface area contributed by atoms with Gasteiger partial charge in [0.15, 0.2) is 13.2 Å². The van der Waals surface area contributed by atoms with E-state index in [0.717, 1.165) is 5.56 Å². The summed E-state index contributed by atoms with van der Waals surface area (Å²) < 4.78 is 10.1. The van der Waals surface area contributed by atoms with Gasteiger partial charge >= 0.3 is 5.97 Å². The highest BCUT2D eigenvalue weighted by atomic mass is 16.6. The lowest BCUT2D eigenvalue weighted by atomic mass is 9.98. The maximum Gasteiger partial charge on any atom is 0.344 e. The highest BCUT2D eigenvalue weighted by Crippen LogP contribution is 2.23. The second-order valence-corrected chi connectivity index (χ2v) is 4.80. The lowest BCUT2D eigenvalue weighted by Gasteiger charge is -2.12. The van der Waals surface area contributed by atoms with Crippen LogP contribution in [0.1, 0.15) is 30.9 Å². The summed E-state index contributed by atoms with van der Waals surface area (Å²) in [5.41, 5.74) is 2.37. The van der Waals surface area contributed by atoms with Gasteiger partial charge < -0.3 is 14.8 Å². The van der Waals surface area contributed by atoms with Gasteiger partial charge in [-0.05, 0) is 36.1 Å². The lowest BCUT2D eigenvalue weighted by Crippen LogP contribution is -2.26. The molecule has 0 saturated carbocycles. The Kier molecular flexibility index (Phi) is 6.03. The van der Waals surface area contributed by atoms with Crippen LogP contribution in [0.4, 0.5) is 0 Å². The number of hydrogen-bond donors (Lipinski definition) is 1. The average molecular weight is 279 g/mol. The molecule has 0 aliphatic carbocycles. The first kappa shape index (κ1) is 16.0. The van der Waals surface area contributed by atoms with E-state index >= 15 is 0 Å². The van der Waals surface area contributed by atoms with Crippen LogP contribution in [-0.2, 0) is 14.3 Å². The van der Waals surface area contributed by atoms with Crippen molar-refractivity contribution in [2.45, 2.75) is 26.7 Å². The Bertz CT molecular complexity index is 483. The number of rotatable bonds is 6. The summed E-state index contributed by atoms with van der Waals surface area (Å²) in [6.45, 7) is 5.76. The van der Waals surface area contributed by atoms with E-state index in [1.165, 1.54) is 12.6 Å². The number of carbonyl (C=O) groups excluding carboxylic acids is 2. The number of aryl methyl sites for hydroxylation is 1. The van der Waals surface area contributed by atoms with E-state index in [4.69, 9.17) is 9.47 Å². The van der Waals surface area contributed by atoms with E-state index in [9.17, 15) is 9.59 Å². The molecule has 5 heteroatoms. The van der Waals surface area contributed by atoms with Crippen LogP contribution in [0.25, 0.3) is 0 Å². The molecule has 1 amide bonds. The Labute approximate surface area is 119 Å². The quantitative estimate of drug-likeness (QED) is 0.806. The Morgan fingerprint density at radius 3 is 2.50 bits per heavy atom. The Balaban J connectivity index is 2.48. The Morgan fingerprint density at radius 2 is 1.95 bits per heavy atom. The molecule has 1 N–H and O–H groups in total. The van der Waals surface area contributed by atoms with Crippen LogP contribution in [0.5, 0.6) is 5.75 Å². The molecule has 0 unspecified atom stereocenters. The van der Waals surface area contributed by atoms with E-state index in [-0.39, 0.29) is 19.1 Å². The second kappa shape index (κ2) is 7.53. The number of nitrogens with one attached hydrogen (secondary N) is 1. The summed E-state index contributed by atoms with van der Waals surface area (Å²) in [6.07, 6.45) is 0. The number of hydrogen-bond acceptors (Lipinski definition) is 4. The first-order valence-corrected chi connectivity index (χ1v) is 6.53. The fourth-order valence-corrected chi connectivity index (χ4v) is 1.79. The maximum absolute atomic E-state index is 11.4. The van der Waals surface area contributed by atoms with Gasteiger partial charge in [0.1, 0.15) is 5.75 Å². The molecule has 5 nitrogen and oxygen atoms in total. The number of amides is 1. The number of ether oxygens (including phenoxy) is 2. The molecular weight excluding hydrogens is 258 g/mol. The van der Waals surface area contributed by atoms with Crippen LogP contribution in [0.3, 0.4) is 0 Å². The van der Waals surface area contributed by atoms with Gasteiger partial charge in [-0.1, -0.05) is 19.9 Å². The van der Waals surface area contributed by atoms with Crippen LogP contribution < -0.4 is 10.1 Å². The van der Waals surface area contributed by atoms with Gasteiger partial charge in [-0.2, -0.15) is 0 Å². The number of likely N-dealkylation sites (N-methyl/N-ethyl adjacent to an activating group) is 1. The Morgan fingerprint density at radius 1 is 1.25 bits per heavy atom. The van der Waals surface area contributed by atoms with Crippen molar-refractivity contribution in [3.8, 4) is 5.75 Å². The molecule has 0 saturated heterocycles. The van der Waals surface area contributed by atoms with Gasteiger partial charge in [-0.3, -0.25) is 4.79 Å². The van der Waals surface area contributed by atoms with Crippen molar-refractivity contribution in [2.24, 2.45) is 0 Å². The third-order valence-electron chi connectivity index (χ3n) is 2.86. The molecule has 20 heavy (non-hydrogen) atoms. The monoisotopic (exact) mass is 279 g/mol. The van der Waals surface area contributed by atoms with Crippen molar-refractivity contribution in [2.75, 3.05) is 20.3 Å². The topological polar surface area (TPSA) is 64.6 Å². The summed E-state index contributed by atoms with van der Waals surface area (Å²) in [7, 11) is 1.48. The summed E-state index contributed by atoms with van der Waals surface area (Å²) in [5, 5.41) is 2.36. The van der Waals surface area contributed by atoms with E-state index in [1.54, 1.807) is 0 Å². The third-order valence-corrected chi connectivity index (χ3v) is 2.86. The summed E-state index contributed by atoms with van der Waals surface area (Å²) in [4.78, 5) is 22.3. The zero-order chi connectivity index (χ0) is 15.1. The zero-order valence-electron chi connectivity index (χ0n) is 12.4. The number of benzene rings is 1. The highest BCUT2D eigenvalue weighted by Gasteiger charge is 2.09. The van der Waals surface area contributed by atoms with Gasteiger partial charge in [0.2, 0.25) is 0 Å². The van der Waals surface area contributed by atoms with Crippen LogP contribution in [0, 0.1) is 6.92 Å². The fourth-order valence-electron chi connectivity index (χ4n) is 1.79. The molecule has 1 aromatic carbocycles. The van der Waals surface area contributed by atoms with Gasteiger partial charge in [0.05, 0.1) is 0 Å². The maximum atomic E-state index is 11.4. The highest BCUT2D eigenvalue weighted by molar-refractivity contribution is 5.80. The van der Waals surface area contributed by atoms with Crippen molar-refractivity contribution in [3.05, 3.63) is 29.3 Å². The molecule has 0 atom stereocenters. The van der Waals surface area contributed by atoms with Crippen molar-refractivity contribution in [1.29, 1.82) is 0 Å². The second-order valence-electron chi connectivity index (χ2n) is 4.80. The standard InChI is InChI=1S/C15H21NO4/c1-10(2)13-6-5-12(7-11(13)3)19-9-15(18)20-8-14(17)16-4/h5-7,10H,8-9H2,1-4H3,(H,16,17). The summed E-state index contributed by atoms with van der Waals surface area (Å²) in [5.74, 6) is 0.139. The molecule has 1 aromatic rings. The molecule has 110 valence electrons. The normalized spacial score (nSPS) is 10.2. The molecule has 0 radical (unpaired) electrons. The van der Waals surface area contributed by atoms with Crippen LogP contribution in [-0.4, -0.2) is 32.1 Å². The van der Waals surface area contributed by atoms with Gasteiger partial charge in [-0.25, -0.2) is 4.79 Å². The van der Waals surface area contributed by atoms with E-state index in [2.05, 4.69) is 19.2 Å². The fraction of sp³-hybridized carbons (Fsp3) is 0.467. The smallest absolute Gasteiger partial charge is 0.344 e. The molecular formula is C15H21NO4. The molecule has 0 heterocycles. The van der Waals surface area contributed by atoms with E-state index in [1.807, 2.05) is 25.1 Å². The minimum Gasteiger partial charge on any atom is -0.482 e. The minimum atomic E-state index is -0.570. The van der Waals surface area contributed by atoms with E-state index < -0.39 is 5.97 Å². The van der Waals surface area contributed by atoms with Crippen molar-refractivity contribution in [3.63, 3.8) is 0 Å². The lowest BCUT2D eigenvalue weighted by molar-refractivity contribution is -0.150. The molecule has 0 fully saturated rings. The largest absolute Gasteiger partial charge is 0.482 e. The van der Waals surface area contributed by atoms with Crippen molar-refractivity contribution >= 4 is 11.9 Å². The summed E-state index contributed by atoms with van der Waals surface area (Å²) in [6, 6.07) is 5.71. The number of carbonyl (C=O) groups is 2. The predicted molar refractivity (Wildman–Crippen MR) is 75.8 cm³/mol. The number of esters is 1. The predicted octanol–water partition coefficient (Wildman–Crippen LogP) is 1.79. The van der Waals surface area contributed by atoms with Crippen LogP contribution in [0.2, 0.25) is 0 Å². The van der Waals surface area contributed by atoms with Crippen LogP contribution in [0.15, 0.2) is 18.2 Å². The van der Waals surface area contributed by atoms with Gasteiger partial charge in [-0.15, -0.1) is 0 Å². The third kappa shape index (κ3) is 4.91. The first-order chi connectivity index (χ1) is 9.43. The SMILES string of the molecule is CNC(=O)COC(=O)COc1ccc(C(C)C)c(C)c1. The molecule has 0 bridgehead atoms.